The molecule has 3 aromatic rings. The molecule has 0 amide bonds. The monoisotopic (exact) mass is 283 g/mol. The summed E-state index contributed by atoms with van der Waals surface area (Å²) in [5, 5.41) is 3.50. The Labute approximate surface area is 122 Å². The van der Waals surface area contributed by atoms with Crippen molar-refractivity contribution in [1.82, 2.24) is 9.97 Å². The Morgan fingerprint density at radius 1 is 1.10 bits per heavy atom. The maximum atomic E-state index is 4.20. The highest BCUT2D eigenvalue weighted by Crippen LogP contribution is 2.36. The number of anilines is 2. The number of pyridine rings is 2. The molecule has 0 fully saturated rings. The third-order valence-corrected chi connectivity index (χ3v) is 4.28. The normalized spacial score (nSPS) is 10.8. The number of unbranched alkanes of at least 4 members (excludes halogenated alkanes) is 1. The van der Waals surface area contributed by atoms with Gasteiger partial charge in [0.25, 0.3) is 0 Å². The first-order chi connectivity index (χ1) is 9.90. The van der Waals surface area contributed by atoms with Crippen molar-refractivity contribution >= 4 is 32.8 Å². The average molecular weight is 283 g/mol. The third-order valence-electron chi connectivity index (χ3n) is 3.36. The van der Waals surface area contributed by atoms with Gasteiger partial charge in [0.2, 0.25) is 0 Å². The van der Waals surface area contributed by atoms with Crippen LogP contribution in [0.15, 0.2) is 48.4 Å². The van der Waals surface area contributed by atoms with Crippen LogP contribution in [0.4, 0.5) is 11.4 Å². The van der Waals surface area contributed by atoms with Crippen LogP contribution in [0, 0.1) is 0 Å². The maximum absolute atomic E-state index is 4.20. The molecular weight excluding hydrogens is 266 g/mol. The first-order valence-electron chi connectivity index (χ1n) is 6.89. The van der Waals surface area contributed by atoms with E-state index in [4.69, 9.17) is 0 Å². The summed E-state index contributed by atoms with van der Waals surface area (Å²) in [6.07, 6.45) is 9.86. The molecule has 0 radical (unpaired) electrons. The SMILES string of the molecule is CCCCN(c1ccncc1)c1csc2cnccc12. The molecule has 3 heterocycles. The molecule has 0 unspecified atom stereocenters. The van der Waals surface area contributed by atoms with Gasteiger partial charge in [-0.05, 0) is 24.6 Å². The summed E-state index contributed by atoms with van der Waals surface area (Å²) in [7, 11) is 0. The number of nitrogens with zero attached hydrogens (tertiary/aromatic N) is 3. The molecule has 0 bridgehead atoms. The van der Waals surface area contributed by atoms with Gasteiger partial charge < -0.3 is 4.90 Å². The Bertz CT molecular complexity index is 678. The van der Waals surface area contributed by atoms with Gasteiger partial charge in [0.1, 0.15) is 0 Å². The zero-order chi connectivity index (χ0) is 13.8. The average Bonchev–Trinajstić information content (AvgIpc) is 2.93. The largest absolute Gasteiger partial charge is 0.340 e. The van der Waals surface area contributed by atoms with Crippen molar-refractivity contribution in [3.05, 3.63) is 48.4 Å². The molecule has 3 aromatic heterocycles. The van der Waals surface area contributed by atoms with Gasteiger partial charge in [-0.1, -0.05) is 13.3 Å². The van der Waals surface area contributed by atoms with Crippen LogP contribution < -0.4 is 4.90 Å². The van der Waals surface area contributed by atoms with Gasteiger partial charge in [-0.25, -0.2) is 0 Å². The van der Waals surface area contributed by atoms with Crippen LogP contribution in [0.3, 0.4) is 0 Å². The van der Waals surface area contributed by atoms with E-state index in [1.54, 1.807) is 11.3 Å². The first-order valence-corrected chi connectivity index (χ1v) is 7.77. The molecule has 0 aliphatic heterocycles. The molecule has 0 saturated carbocycles. The molecule has 0 N–H and O–H groups in total. The van der Waals surface area contributed by atoms with Gasteiger partial charge >= 0.3 is 0 Å². The number of fused-ring (bicyclic) bond motifs is 1. The van der Waals surface area contributed by atoms with Crippen molar-refractivity contribution in [2.24, 2.45) is 0 Å². The summed E-state index contributed by atoms with van der Waals surface area (Å²) in [4.78, 5) is 10.7. The topological polar surface area (TPSA) is 29.0 Å². The lowest BCUT2D eigenvalue weighted by Crippen LogP contribution is -2.17. The lowest BCUT2D eigenvalue weighted by Gasteiger charge is -2.24. The van der Waals surface area contributed by atoms with Gasteiger partial charge in [0, 0.05) is 47.8 Å². The second-order valence-electron chi connectivity index (χ2n) is 4.70. The predicted molar refractivity (Wildman–Crippen MR) is 85.8 cm³/mol. The number of thiophene rings is 1. The van der Waals surface area contributed by atoms with Crippen LogP contribution in [0.25, 0.3) is 10.1 Å². The predicted octanol–water partition coefficient (Wildman–Crippen LogP) is 4.63. The zero-order valence-corrected chi connectivity index (χ0v) is 12.3. The second kappa shape index (κ2) is 6.01. The fourth-order valence-electron chi connectivity index (χ4n) is 2.31. The van der Waals surface area contributed by atoms with Crippen LogP contribution in [0.2, 0.25) is 0 Å². The summed E-state index contributed by atoms with van der Waals surface area (Å²) >= 11 is 1.75. The number of hydrogen-bond donors (Lipinski definition) is 0. The summed E-state index contributed by atoms with van der Waals surface area (Å²) in [6, 6.07) is 6.24. The van der Waals surface area contributed by atoms with Crippen molar-refractivity contribution in [2.75, 3.05) is 11.4 Å². The maximum Gasteiger partial charge on any atom is 0.0600 e. The molecule has 20 heavy (non-hydrogen) atoms. The van der Waals surface area contributed by atoms with Crippen LogP contribution in [-0.2, 0) is 0 Å². The van der Waals surface area contributed by atoms with Crippen molar-refractivity contribution in [2.45, 2.75) is 19.8 Å². The highest BCUT2D eigenvalue weighted by molar-refractivity contribution is 7.17. The van der Waals surface area contributed by atoms with Gasteiger partial charge in [-0.3, -0.25) is 9.97 Å². The smallest absolute Gasteiger partial charge is 0.0600 e. The van der Waals surface area contributed by atoms with Gasteiger partial charge in [0.05, 0.1) is 10.4 Å². The molecule has 0 spiro atoms. The van der Waals surface area contributed by atoms with Crippen molar-refractivity contribution < 1.29 is 0 Å². The van der Waals surface area contributed by atoms with Gasteiger partial charge in [0.15, 0.2) is 0 Å². The van der Waals surface area contributed by atoms with Gasteiger partial charge in [-0.2, -0.15) is 0 Å². The summed E-state index contributed by atoms with van der Waals surface area (Å²) < 4.78 is 1.23. The summed E-state index contributed by atoms with van der Waals surface area (Å²) in [6.45, 7) is 3.25. The van der Waals surface area contributed by atoms with E-state index in [-0.39, 0.29) is 0 Å². The minimum Gasteiger partial charge on any atom is -0.340 e. The van der Waals surface area contributed by atoms with E-state index in [2.05, 4.69) is 45.4 Å². The summed E-state index contributed by atoms with van der Waals surface area (Å²) in [5.41, 5.74) is 2.47. The van der Waals surface area contributed by atoms with Crippen LogP contribution in [0.5, 0.6) is 0 Å². The number of rotatable bonds is 5. The lowest BCUT2D eigenvalue weighted by molar-refractivity contribution is 0.787. The molecule has 102 valence electrons. The molecule has 0 aliphatic rings. The molecular formula is C16H17N3S. The Kier molecular flexibility index (Phi) is 3.92. The second-order valence-corrected chi connectivity index (χ2v) is 5.61. The first kappa shape index (κ1) is 13.1. The highest BCUT2D eigenvalue weighted by atomic mass is 32.1. The van der Waals surface area contributed by atoms with Crippen molar-refractivity contribution in [3.8, 4) is 0 Å². The van der Waals surface area contributed by atoms with E-state index in [0.717, 1.165) is 6.54 Å². The molecule has 0 aliphatic carbocycles. The molecule has 3 rings (SSSR count). The summed E-state index contributed by atoms with van der Waals surface area (Å²) in [5.74, 6) is 0. The Morgan fingerprint density at radius 3 is 2.70 bits per heavy atom. The standard InChI is InChI=1S/C16H17N3S/c1-2-3-10-19(13-4-7-17-8-5-13)15-12-20-16-11-18-9-6-14(15)16/h4-9,11-12H,2-3,10H2,1H3. The van der Waals surface area contributed by atoms with E-state index in [1.165, 1.54) is 34.3 Å². The van der Waals surface area contributed by atoms with Crippen molar-refractivity contribution in [3.63, 3.8) is 0 Å². The zero-order valence-electron chi connectivity index (χ0n) is 11.5. The molecule has 4 heteroatoms. The van der Waals surface area contributed by atoms with Crippen LogP contribution >= 0.6 is 11.3 Å². The van der Waals surface area contributed by atoms with E-state index in [1.807, 2.05) is 24.8 Å². The third kappa shape index (κ3) is 2.51. The highest BCUT2D eigenvalue weighted by Gasteiger charge is 2.13. The van der Waals surface area contributed by atoms with Gasteiger partial charge in [-0.15, -0.1) is 11.3 Å². The van der Waals surface area contributed by atoms with Crippen molar-refractivity contribution in [1.29, 1.82) is 0 Å². The van der Waals surface area contributed by atoms with E-state index in [9.17, 15) is 0 Å². The van der Waals surface area contributed by atoms with E-state index >= 15 is 0 Å². The minimum absolute atomic E-state index is 1.02. The van der Waals surface area contributed by atoms with E-state index < -0.39 is 0 Å². The number of hydrogen-bond acceptors (Lipinski definition) is 4. The van der Waals surface area contributed by atoms with Crippen LogP contribution in [-0.4, -0.2) is 16.5 Å². The van der Waals surface area contributed by atoms with Crippen LogP contribution in [0.1, 0.15) is 19.8 Å². The lowest BCUT2D eigenvalue weighted by atomic mass is 10.2. The van der Waals surface area contributed by atoms with E-state index in [0.29, 0.717) is 0 Å². The quantitative estimate of drug-likeness (QED) is 0.683. The fraction of sp³-hybridized carbons (Fsp3) is 0.250. The Balaban J connectivity index is 2.05. The minimum atomic E-state index is 1.02. The fourth-order valence-corrected chi connectivity index (χ4v) is 3.22. The molecule has 3 nitrogen and oxygen atoms in total. The molecule has 0 atom stereocenters. The molecule has 0 aromatic carbocycles. The Morgan fingerprint density at radius 2 is 1.90 bits per heavy atom. The Hall–Kier alpha value is -1.94. The number of aromatic nitrogens is 2. The molecule has 0 saturated heterocycles.